The van der Waals surface area contributed by atoms with Crippen molar-refractivity contribution in [3.63, 3.8) is 0 Å². The van der Waals surface area contributed by atoms with Gasteiger partial charge in [0.25, 0.3) is 0 Å². The Labute approximate surface area is 81.3 Å². The average Bonchev–Trinajstić information content (AvgIpc) is 2.13. The first-order chi connectivity index (χ1) is 6.13. The fourth-order valence-electron chi connectivity index (χ4n) is 1.20. The molecule has 0 aromatic carbocycles. The minimum absolute atomic E-state index is 0.330. The van der Waals surface area contributed by atoms with Crippen LogP contribution in [0.1, 0.15) is 26.7 Å². The van der Waals surface area contributed by atoms with Crippen molar-refractivity contribution >= 4 is 0 Å². The van der Waals surface area contributed by atoms with Crippen LogP contribution in [0, 0.1) is 11.3 Å². The lowest BCUT2D eigenvalue weighted by atomic mass is 10.1. The molecule has 0 rings (SSSR count). The van der Waals surface area contributed by atoms with Crippen LogP contribution >= 0.6 is 0 Å². The van der Waals surface area contributed by atoms with Crippen LogP contribution < -0.4 is 0 Å². The number of ether oxygens (including phenoxy) is 1. The molecule has 2 unspecified atom stereocenters. The predicted octanol–water partition coefficient (Wildman–Crippen LogP) is 1.65. The predicted molar refractivity (Wildman–Crippen MR) is 53.4 cm³/mol. The summed E-state index contributed by atoms with van der Waals surface area (Å²) in [5.74, 6) is 0. The van der Waals surface area contributed by atoms with E-state index in [1.807, 2.05) is 0 Å². The molecule has 0 aliphatic rings. The molecule has 0 spiro atoms. The first kappa shape index (κ1) is 12.4. The monoisotopic (exact) mass is 184 g/mol. The minimum atomic E-state index is 0.330. The van der Waals surface area contributed by atoms with Gasteiger partial charge in [-0.2, -0.15) is 5.26 Å². The van der Waals surface area contributed by atoms with Crippen molar-refractivity contribution in [2.24, 2.45) is 0 Å². The highest BCUT2D eigenvalue weighted by Crippen LogP contribution is 2.08. The lowest BCUT2D eigenvalue weighted by Gasteiger charge is -2.29. The fraction of sp³-hybridized carbons (Fsp3) is 0.900. The van der Waals surface area contributed by atoms with Crippen LogP contribution in [0.4, 0.5) is 0 Å². The number of hydrogen-bond acceptors (Lipinski definition) is 3. The summed E-state index contributed by atoms with van der Waals surface area (Å²) in [5, 5.41) is 8.54. The summed E-state index contributed by atoms with van der Waals surface area (Å²) in [5.41, 5.74) is 0. The summed E-state index contributed by atoms with van der Waals surface area (Å²) in [7, 11) is 3.77. The number of nitriles is 1. The van der Waals surface area contributed by atoms with Gasteiger partial charge in [-0.1, -0.05) is 0 Å². The zero-order valence-electron chi connectivity index (χ0n) is 9.08. The molecule has 0 aliphatic heterocycles. The molecule has 0 bridgehead atoms. The van der Waals surface area contributed by atoms with E-state index in [2.05, 4.69) is 31.9 Å². The lowest BCUT2D eigenvalue weighted by molar-refractivity contribution is 0.133. The Kier molecular flexibility index (Phi) is 6.56. The van der Waals surface area contributed by atoms with E-state index in [-0.39, 0.29) is 0 Å². The Morgan fingerprint density at radius 3 is 2.46 bits per heavy atom. The van der Waals surface area contributed by atoms with E-state index < -0.39 is 0 Å². The van der Waals surface area contributed by atoms with Crippen molar-refractivity contribution in [2.45, 2.75) is 38.8 Å². The largest absolute Gasteiger partial charge is 0.385 e. The van der Waals surface area contributed by atoms with Gasteiger partial charge in [0.15, 0.2) is 0 Å². The summed E-state index contributed by atoms with van der Waals surface area (Å²) in [6, 6.07) is 2.99. The van der Waals surface area contributed by atoms with Gasteiger partial charge in [0, 0.05) is 25.8 Å². The van der Waals surface area contributed by atoms with Crippen LogP contribution in [0.2, 0.25) is 0 Å². The fourth-order valence-corrected chi connectivity index (χ4v) is 1.20. The van der Waals surface area contributed by atoms with Crippen LogP contribution in [-0.4, -0.2) is 37.7 Å². The molecule has 0 amide bonds. The first-order valence-electron chi connectivity index (χ1n) is 4.71. The van der Waals surface area contributed by atoms with Gasteiger partial charge in [-0.25, -0.2) is 0 Å². The Morgan fingerprint density at radius 2 is 2.00 bits per heavy atom. The number of hydrogen-bond donors (Lipinski definition) is 0. The van der Waals surface area contributed by atoms with E-state index in [1.54, 1.807) is 7.11 Å². The normalized spacial score (nSPS) is 15.4. The molecule has 0 saturated carbocycles. The van der Waals surface area contributed by atoms with E-state index >= 15 is 0 Å². The summed E-state index contributed by atoms with van der Waals surface area (Å²) >= 11 is 0. The van der Waals surface area contributed by atoms with Crippen molar-refractivity contribution in [3.05, 3.63) is 0 Å². The topological polar surface area (TPSA) is 36.3 Å². The Balaban J connectivity index is 3.80. The molecule has 0 N–H and O–H groups in total. The highest BCUT2D eigenvalue weighted by atomic mass is 16.5. The summed E-state index contributed by atoms with van der Waals surface area (Å²) < 4.78 is 5.01. The molecule has 0 aromatic heterocycles. The van der Waals surface area contributed by atoms with Crippen molar-refractivity contribution in [1.82, 2.24) is 4.90 Å². The quantitative estimate of drug-likeness (QED) is 0.629. The minimum Gasteiger partial charge on any atom is -0.385 e. The van der Waals surface area contributed by atoms with Crippen molar-refractivity contribution in [1.29, 1.82) is 5.26 Å². The third-order valence-corrected chi connectivity index (χ3v) is 2.52. The van der Waals surface area contributed by atoms with Gasteiger partial charge in [0.2, 0.25) is 0 Å². The summed E-state index contributed by atoms with van der Waals surface area (Å²) in [6.45, 7) is 5.02. The maximum Gasteiger partial charge on any atom is 0.0638 e. The third kappa shape index (κ3) is 4.87. The molecule has 76 valence electrons. The number of nitrogens with zero attached hydrogens (tertiary/aromatic N) is 2. The average molecular weight is 184 g/mol. The Hall–Kier alpha value is -0.590. The van der Waals surface area contributed by atoms with Crippen LogP contribution in [0.25, 0.3) is 0 Å². The zero-order valence-corrected chi connectivity index (χ0v) is 9.08. The second-order valence-electron chi connectivity index (χ2n) is 3.51. The van der Waals surface area contributed by atoms with E-state index in [0.717, 1.165) is 13.0 Å². The summed E-state index contributed by atoms with van der Waals surface area (Å²) in [6.07, 6.45) is 1.61. The molecule has 2 atom stereocenters. The van der Waals surface area contributed by atoms with Gasteiger partial charge >= 0.3 is 0 Å². The molecule has 3 heteroatoms. The summed E-state index contributed by atoms with van der Waals surface area (Å²) in [4.78, 5) is 2.22. The molecule has 0 radical (unpaired) electrons. The van der Waals surface area contributed by atoms with E-state index in [4.69, 9.17) is 10.00 Å². The van der Waals surface area contributed by atoms with Crippen LogP contribution in [0.5, 0.6) is 0 Å². The smallest absolute Gasteiger partial charge is 0.0638 e. The second kappa shape index (κ2) is 6.88. The molecule has 13 heavy (non-hydrogen) atoms. The highest BCUT2D eigenvalue weighted by molar-refractivity contribution is 4.80. The van der Waals surface area contributed by atoms with Crippen molar-refractivity contribution in [2.75, 3.05) is 20.8 Å². The standard InChI is InChI=1S/C10H20N2O/c1-9(5-7-11)12(3)10(2)6-8-13-4/h9-10H,5-6,8H2,1-4H3. The second-order valence-corrected chi connectivity index (χ2v) is 3.51. The van der Waals surface area contributed by atoms with E-state index in [9.17, 15) is 0 Å². The first-order valence-corrected chi connectivity index (χ1v) is 4.71. The highest BCUT2D eigenvalue weighted by Gasteiger charge is 2.14. The van der Waals surface area contributed by atoms with Crippen LogP contribution in [0.3, 0.4) is 0 Å². The molecular weight excluding hydrogens is 164 g/mol. The van der Waals surface area contributed by atoms with E-state index in [0.29, 0.717) is 18.5 Å². The molecule has 0 fully saturated rings. The Morgan fingerprint density at radius 1 is 1.38 bits per heavy atom. The Bertz CT molecular complexity index is 165. The third-order valence-electron chi connectivity index (χ3n) is 2.52. The van der Waals surface area contributed by atoms with Crippen molar-refractivity contribution in [3.8, 4) is 6.07 Å². The number of methoxy groups -OCH3 is 1. The van der Waals surface area contributed by atoms with Gasteiger partial charge in [-0.3, -0.25) is 4.90 Å². The van der Waals surface area contributed by atoms with Crippen LogP contribution in [0.15, 0.2) is 0 Å². The van der Waals surface area contributed by atoms with Gasteiger partial charge in [0.1, 0.15) is 0 Å². The maximum absolute atomic E-state index is 8.54. The molecule has 3 nitrogen and oxygen atoms in total. The van der Waals surface area contributed by atoms with Gasteiger partial charge in [-0.05, 0) is 27.3 Å². The van der Waals surface area contributed by atoms with Gasteiger partial charge < -0.3 is 4.74 Å². The van der Waals surface area contributed by atoms with E-state index in [1.165, 1.54) is 0 Å². The number of rotatable bonds is 6. The molecule has 0 aliphatic carbocycles. The zero-order chi connectivity index (χ0) is 10.3. The van der Waals surface area contributed by atoms with Gasteiger partial charge in [-0.15, -0.1) is 0 Å². The SMILES string of the molecule is COCCC(C)N(C)C(C)CC#N. The van der Waals surface area contributed by atoms with Crippen LogP contribution in [-0.2, 0) is 4.74 Å². The molecule has 0 heterocycles. The maximum atomic E-state index is 8.54. The molecule has 0 aromatic rings. The van der Waals surface area contributed by atoms with Crippen molar-refractivity contribution < 1.29 is 4.74 Å². The van der Waals surface area contributed by atoms with Gasteiger partial charge in [0.05, 0.1) is 12.5 Å². The lowest BCUT2D eigenvalue weighted by Crippen LogP contribution is -2.37. The molecular formula is C10H20N2O. The molecule has 0 saturated heterocycles.